The number of aromatic amines is 1. The number of carbonyl (C=O) groups excluding carboxylic acids is 10. The van der Waals surface area contributed by atoms with E-state index in [-0.39, 0.29) is 88.3 Å². The predicted octanol–water partition coefficient (Wildman–Crippen LogP) is -0.354. The number of halogens is 1. The lowest BCUT2D eigenvalue weighted by Gasteiger charge is -2.30. The molecule has 0 saturated carbocycles. The highest BCUT2D eigenvalue weighted by atomic mass is 35.5. The van der Waals surface area contributed by atoms with Crippen molar-refractivity contribution in [1.29, 1.82) is 0 Å². The minimum absolute atomic E-state index is 0. The fraction of sp³-hybridized carbons (Fsp3) is 0.466. The Kier molecular flexibility index (Phi) is 28.1. The van der Waals surface area contributed by atoms with Crippen molar-refractivity contribution < 1.29 is 62.9 Å². The third kappa shape index (κ3) is 21.9. The van der Waals surface area contributed by atoms with Crippen LogP contribution in [0.25, 0.3) is 10.9 Å². The number of para-hydroxylation sites is 1. The highest BCUT2D eigenvalue weighted by Crippen LogP contribution is 2.22. The van der Waals surface area contributed by atoms with Crippen LogP contribution in [0.15, 0.2) is 90.1 Å². The summed E-state index contributed by atoms with van der Waals surface area (Å²) >= 11 is 0. The van der Waals surface area contributed by atoms with E-state index in [4.69, 9.17) is 21.9 Å². The van der Waals surface area contributed by atoms with Gasteiger partial charge in [-0.3, -0.25) is 48.1 Å². The predicted molar refractivity (Wildman–Crippen MR) is 320 cm³/mol. The number of primary amides is 1. The van der Waals surface area contributed by atoms with Crippen molar-refractivity contribution in [3.05, 3.63) is 102 Å². The molecule has 10 amide bonds. The van der Waals surface area contributed by atoms with Crippen LogP contribution in [0, 0.1) is 11.8 Å². The van der Waals surface area contributed by atoms with Crippen LogP contribution in [0.5, 0.6) is 5.75 Å². The van der Waals surface area contributed by atoms with Crippen LogP contribution in [0.4, 0.5) is 4.79 Å². The van der Waals surface area contributed by atoms with Gasteiger partial charge in [-0.15, -0.1) is 12.4 Å². The number of nitrogens with one attached hydrogen (secondary N) is 9. The average molecular weight is 1220 g/mol. The number of aliphatic hydroxyl groups excluding tert-OH is 1. The SMILES string of the molecule is CC[C@H](C)[C@H](NC(=O)OCc1ccccc1)C(=O)N[C@@H](Cc1c[nH]c2ccccc12)C(=O)N[C@@H](CO)C(=O)N[C@@H](Cc1ccc(O)cc1)C(=O)NCC(=O)N[C@@H](CC(C)C)C(=O)N[C@@H](CCCN=C(N)N)C(=O)N1CCC[C@H]1C(=O)NCC(N)=O.Cl. The van der Waals surface area contributed by atoms with Gasteiger partial charge in [0.05, 0.1) is 19.7 Å². The van der Waals surface area contributed by atoms with E-state index in [1.165, 1.54) is 29.2 Å². The monoisotopic (exact) mass is 1220 g/mol. The molecule has 468 valence electrons. The molecule has 4 aromatic rings. The number of hydrogen-bond acceptors (Lipinski definition) is 14. The highest BCUT2D eigenvalue weighted by molar-refractivity contribution is 5.98. The second kappa shape index (κ2) is 34.7. The number of likely N-dealkylation sites (tertiary alicyclic amines) is 1. The number of fused-ring (bicyclic) bond motifs is 1. The minimum Gasteiger partial charge on any atom is -0.508 e. The molecule has 3 aromatic carbocycles. The maximum Gasteiger partial charge on any atom is 0.408 e. The molecule has 0 bridgehead atoms. The standard InChI is InChI=1S/C58H80N14O13.ClH/c1-5-34(4)49(71-58(84)85-32-36-13-7-6-8-14-36)55(82)69-44(27-37-28-63-40-16-10-9-15-39(37)40)52(79)70-45(31-73)53(80)68-43(26-35-19-21-38(74)22-20-35)50(77)65-30-48(76)66-42(25-33(2)3)51(78)67-41(17-11-23-62-57(60)61)56(83)72-24-12-18-46(72)54(81)64-29-47(59)75;/h6-10,13-16,19-22,28,33-34,41-46,49,63,73-74H,5,11-12,17-18,23-27,29-32H2,1-4H3,(H2,59,75)(H,64,81)(H,65,77)(H,66,76)(H,67,78)(H,68,80)(H,69,82)(H,70,79)(H,71,84)(H4,60,61,62);1H/t34-,41-,42-,43-,44-,45-,46-,49-;/m0./s1. The summed E-state index contributed by atoms with van der Waals surface area (Å²) in [5.74, 6) is -8.11. The Morgan fingerprint density at radius 2 is 1.34 bits per heavy atom. The molecule has 0 aliphatic carbocycles. The number of nitrogens with two attached hydrogens (primary N) is 3. The number of guanidine groups is 1. The second-order valence-corrected chi connectivity index (χ2v) is 21.2. The Bertz CT molecular complexity index is 2980. The van der Waals surface area contributed by atoms with Crippen molar-refractivity contribution in [3.8, 4) is 5.75 Å². The van der Waals surface area contributed by atoms with E-state index in [0.717, 1.165) is 10.9 Å². The van der Waals surface area contributed by atoms with Gasteiger partial charge in [-0.1, -0.05) is 94.8 Å². The van der Waals surface area contributed by atoms with E-state index in [1.54, 1.807) is 57.3 Å². The van der Waals surface area contributed by atoms with Crippen molar-refractivity contribution >= 4 is 88.5 Å². The summed E-state index contributed by atoms with van der Waals surface area (Å²) in [7, 11) is 0. The molecular weight excluding hydrogens is 1140 g/mol. The van der Waals surface area contributed by atoms with Crippen LogP contribution in [0.3, 0.4) is 0 Å². The fourth-order valence-corrected chi connectivity index (χ4v) is 9.47. The molecule has 1 fully saturated rings. The maximum absolute atomic E-state index is 14.4. The normalized spacial score (nSPS) is 15.1. The van der Waals surface area contributed by atoms with Gasteiger partial charge < -0.3 is 84.6 Å². The van der Waals surface area contributed by atoms with E-state index < -0.39 is 127 Å². The Balaban J connectivity index is 0.0000158. The van der Waals surface area contributed by atoms with Crippen molar-refractivity contribution in [1.82, 2.24) is 52.4 Å². The number of nitrogens with zero attached hydrogens (tertiary/aromatic N) is 2. The number of phenols is 1. The summed E-state index contributed by atoms with van der Waals surface area (Å²) in [4.78, 5) is 145. The Hall–Kier alpha value is -8.98. The number of aliphatic hydroxyl groups is 1. The summed E-state index contributed by atoms with van der Waals surface area (Å²) in [6.07, 6.45) is 1.92. The molecule has 0 spiro atoms. The smallest absolute Gasteiger partial charge is 0.408 e. The number of hydrogen-bond donors (Lipinski definition) is 14. The first kappa shape index (κ1) is 69.5. The first-order valence-electron chi connectivity index (χ1n) is 28.2. The summed E-state index contributed by atoms with van der Waals surface area (Å²) < 4.78 is 5.41. The number of benzene rings is 3. The molecule has 27 nitrogen and oxygen atoms in total. The summed E-state index contributed by atoms with van der Waals surface area (Å²) in [6.45, 7) is 5.17. The lowest BCUT2D eigenvalue weighted by atomic mass is 9.97. The van der Waals surface area contributed by atoms with Gasteiger partial charge in [0.15, 0.2) is 5.96 Å². The fourth-order valence-electron chi connectivity index (χ4n) is 9.47. The van der Waals surface area contributed by atoms with Gasteiger partial charge in [0, 0.05) is 43.0 Å². The second-order valence-electron chi connectivity index (χ2n) is 21.2. The molecule has 1 saturated heterocycles. The van der Waals surface area contributed by atoms with Crippen molar-refractivity contribution in [3.63, 3.8) is 0 Å². The summed E-state index contributed by atoms with van der Waals surface area (Å²) in [5.41, 5.74) is 18.7. The zero-order valence-corrected chi connectivity index (χ0v) is 49.4. The molecule has 0 unspecified atom stereocenters. The molecule has 28 heteroatoms. The zero-order chi connectivity index (χ0) is 62.2. The van der Waals surface area contributed by atoms with E-state index in [1.807, 2.05) is 31.2 Å². The Labute approximate surface area is 504 Å². The van der Waals surface area contributed by atoms with Gasteiger partial charge in [-0.05, 0) is 78.8 Å². The third-order valence-corrected chi connectivity index (χ3v) is 14.2. The van der Waals surface area contributed by atoms with Gasteiger partial charge in [0.25, 0.3) is 0 Å². The van der Waals surface area contributed by atoms with Crippen LogP contribution in [-0.2, 0) is 67.3 Å². The Morgan fingerprint density at radius 3 is 2.00 bits per heavy atom. The topological polar surface area (TPSA) is 426 Å². The average Bonchev–Trinajstić information content (AvgIpc) is 3.28. The number of aliphatic imine (C=N–C) groups is 1. The quantitative estimate of drug-likeness (QED) is 0.0169. The molecule has 1 aliphatic rings. The van der Waals surface area contributed by atoms with Crippen molar-refractivity contribution in [2.24, 2.45) is 34.0 Å². The number of phenolic OH excluding ortho intramolecular Hbond substituents is 1. The highest BCUT2D eigenvalue weighted by Gasteiger charge is 2.39. The first-order valence-corrected chi connectivity index (χ1v) is 28.2. The molecular formula is C58H81ClN14O13. The minimum atomic E-state index is -1.72. The lowest BCUT2D eigenvalue weighted by molar-refractivity contribution is -0.142. The molecule has 8 atom stereocenters. The molecule has 2 heterocycles. The van der Waals surface area contributed by atoms with E-state index in [2.05, 4.69) is 52.5 Å². The van der Waals surface area contributed by atoms with Crippen LogP contribution in [-0.4, -0.2) is 160 Å². The number of rotatable bonds is 32. The number of amides is 10. The number of alkyl carbamates (subject to hydrolysis) is 1. The molecule has 17 N–H and O–H groups in total. The van der Waals surface area contributed by atoms with E-state index in [0.29, 0.717) is 29.5 Å². The third-order valence-electron chi connectivity index (χ3n) is 14.2. The maximum atomic E-state index is 14.4. The van der Waals surface area contributed by atoms with Crippen LogP contribution in [0.2, 0.25) is 0 Å². The lowest BCUT2D eigenvalue weighted by Crippen LogP contribution is -2.60. The largest absolute Gasteiger partial charge is 0.508 e. The van der Waals surface area contributed by atoms with E-state index in [9.17, 15) is 58.2 Å². The van der Waals surface area contributed by atoms with Gasteiger partial charge >= 0.3 is 6.09 Å². The summed E-state index contributed by atoms with van der Waals surface area (Å²) in [5, 5.41) is 42.0. The number of ether oxygens (including phenoxy) is 1. The summed E-state index contributed by atoms with van der Waals surface area (Å²) in [6, 6.07) is 12.6. The van der Waals surface area contributed by atoms with Gasteiger partial charge in [0.1, 0.15) is 54.6 Å². The molecule has 5 rings (SSSR count). The van der Waals surface area contributed by atoms with Gasteiger partial charge in [-0.2, -0.15) is 0 Å². The zero-order valence-electron chi connectivity index (χ0n) is 48.6. The van der Waals surface area contributed by atoms with Crippen LogP contribution in [0.1, 0.15) is 82.9 Å². The number of aromatic nitrogens is 1. The van der Waals surface area contributed by atoms with Gasteiger partial charge in [0.2, 0.25) is 53.2 Å². The first-order chi connectivity index (χ1) is 40.6. The number of aromatic hydroxyl groups is 1. The Morgan fingerprint density at radius 1 is 0.709 bits per heavy atom. The van der Waals surface area contributed by atoms with E-state index >= 15 is 0 Å². The van der Waals surface area contributed by atoms with Crippen molar-refractivity contribution in [2.75, 3.05) is 32.8 Å². The molecule has 1 aromatic heterocycles. The van der Waals surface area contributed by atoms with Crippen molar-refractivity contribution in [2.45, 2.75) is 128 Å². The van der Waals surface area contributed by atoms with Gasteiger partial charge in [-0.25, -0.2) is 4.79 Å². The number of H-pyrrole nitrogens is 1. The number of carbonyl (C=O) groups is 10. The molecule has 1 aliphatic heterocycles. The van der Waals surface area contributed by atoms with Crippen LogP contribution >= 0.6 is 12.4 Å². The van der Waals surface area contributed by atoms with Crippen LogP contribution < -0.4 is 59.7 Å². The molecule has 86 heavy (non-hydrogen) atoms. The molecule has 0 radical (unpaired) electrons.